The summed E-state index contributed by atoms with van der Waals surface area (Å²) in [7, 11) is 3.66. The number of hydrogen-bond donors (Lipinski definition) is 1. The zero-order valence-electron chi connectivity index (χ0n) is 12.2. The van der Waals surface area contributed by atoms with E-state index in [2.05, 4.69) is 10.8 Å². The van der Waals surface area contributed by atoms with Gasteiger partial charge in [0.15, 0.2) is 11.5 Å². The Balaban J connectivity index is 1.90. The summed E-state index contributed by atoms with van der Waals surface area (Å²) >= 11 is 0. The predicted octanol–water partition coefficient (Wildman–Crippen LogP) is 3.35. The largest absolute Gasteiger partial charge is 0.493 e. The molecule has 0 bridgehead atoms. The van der Waals surface area contributed by atoms with E-state index in [4.69, 9.17) is 15.2 Å². The van der Waals surface area contributed by atoms with Gasteiger partial charge in [0.2, 0.25) is 0 Å². The number of nitrogens with zero attached hydrogens (tertiary/aromatic N) is 1. The van der Waals surface area contributed by atoms with Crippen molar-refractivity contribution in [2.45, 2.75) is 6.61 Å². The van der Waals surface area contributed by atoms with Gasteiger partial charge in [-0.3, -0.25) is 0 Å². The number of ether oxygens (including phenoxy) is 2. The third-order valence-corrected chi connectivity index (χ3v) is 3.55. The van der Waals surface area contributed by atoms with E-state index in [0.29, 0.717) is 6.61 Å². The monoisotopic (exact) mass is 282 g/mol. The molecule has 0 amide bonds. The number of rotatable bonds is 4. The first-order chi connectivity index (χ1) is 10.2. The Morgan fingerprint density at radius 1 is 1.10 bits per heavy atom. The minimum atomic E-state index is 0.473. The van der Waals surface area contributed by atoms with Crippen LogP contribution in [0.3, 0.4) is 0 Å². The van der Waals surface area contributed by atoms with Gasteiger partial charge in [-0.2, -0.15) is 0 Å². The van der Waals surface area contributed by atoms with Gasteiger partial charge < -0.3 is 19.8 Å². The SMILES string of the molecule is COc1ccccc1OCc1cn(C)c2ccc(N)cc12. The summed E-state index contributed by atoms with van der Waals surface area (Å²) in [5, 5.41) is 1.12. The lowest BCUT2D eigenvalue weighted by molar-refractivity contribution is 0.285. The molecule has 0 saturated carbocycles. The first-order valence-corrected chi connectivity index (χ1v) is 6.78. The van der Waals surface area contributed by atoms with E-state index in [-0.39, 0.29) is 0 Å². The van der Waals surface area contributed by atoms with Crippen molar-refractivity contribution in [2.75, 3.05) is 12.8 Å². The van der Waals surface area contributed by atoms with Crippen LogP contribution in [0.5, 0.6) is 11.5 Å². The van der Waals surface area contributed by atoms with Crippen molar-refractivity contribution < 1.29 is 9.47 Å². The number of aryl methyl sites for hydroxylation is 1. The molecule has 0 atom stereocenters. The Morgan fingerprint density at radius 3 is 2.62 bits per heavy atom. The molecule has 0 aliphatic heterocycles. The fourth-order valence-electron chi connectivity index (χ4n) is 2.50. The number of nitrogens with two attached hydrogens (primary N) is 1. The summed E-state index contributed by atoms with van der Waals surface area (Å²) in [5.41, 5.74) is 8.89. The topological polar surface area (TPSA) is 49.4 Å². The molecule has 1 aromatic heterocycles. The van der Waals surface area contributed by atoms with E-state index in [1.165, 1.54) is 0 Å². The molecule has 0 fully saturated rings. The maximum atomic E-state index is 5.90. The number of methoxy groups -OCH3 is 1. The molecule has 3 rings (SSSR count). The number of benzene rings is 2. The molecule has 0 saturated heterocycles. The minimum absolute atomic E-state index is 0.473. The van der Waals surface area contributed by atoms with Gasteiger partial charge in [-0.1, -0.05) is 12.1 Å². The van der Waals surface area contributed by atoms with Crippen molar-refractivity contribution in [3.8, 4) is 11.5 Å². The molecular weight excluding hydrogens is 264 g/mol. The molecule has 0 aliphatic carbocycles. The van der Waals surface area contributed by atoms with Crippen LogP contribution in [-0.4, -0.2) is 11.7 Å². The summed E-state index contributed by atoms with van der Waals surface area (Å²) in [5.74, 6) is 1.47. The standard InChI is InChI=1S/C17H18N2O2/c1-19-10-12(14-9-13(18)7-8-15(14)19)11-21-17-6-4-3-5-16(17)20-2/h3-10H,11,18H2,1-2H3. The second-order valence-electron chi connectivity index (χ2n) is 4.98. The molecule has 0 unspecified atom stereocenters. The molecule has 108 valence electrons. The molecular formula is C17H18N2O2. The number of fused-ring (bicyclic) bond motifs is 1. The zero-order chi connectivity index (χ0) is 14.8. The van der Waals surface area contributed by atoms with E-state index >= 15 is 0 Å². The van der Waals surface area contributed by atoms with Crippen LogP contribution in [0.25, 0.3) is 10.9 Å². The summed E-state index contributed by atoms with van der Waals surface area (Å²) < 4.78 is 13.3. The van der Waals surface area contributed by atoms with Crippen LogP contribution >= 0.6 is 0 Å². The van der Waals surface area contributed by atoms with Crippen LogP contribution in [0.4, 0.5) is 5.69 Å². The van der Waals surface area contributed by atoms with Crippen molar-refractivity contribution >= 4 is 16.6 Å². The van der Waals surface area contributed by atoms with Crippen LogP contribution in [0.15, 0.2) is 48.7 Å². The first kappa shape index (κ1) is 13.4. The van der Waals surface area contributed by atoms with E-state index in [9.17, 15) is 0 Å². The number of para-hydroxylation sites is 2. The fraction of sp³-hybridized carbons (Fsp3) is 0.176. The quantitative estimate of drug-likeness (QED) is 0.747. The van der Waals surface area contributed by atoms with Crippen LogP contribution in [0.1, 0.15) is 5.56 Å². The predicted molar refractivity (Wildman–Crippen MR) is 84.7 cm³/mol. The van der Waals surface area contributed by atoms with Crippen LogP contribution < -0.4 is 15.2 Å². The van der Waals surface area contributed by atoms with Crippen LogP contribution in [0, 0.1) is 0 Å². The van der Waals surface area contributed by atoms with Gasteiger partial charge >= 0.3 is 0 Å². The highest BCUT2D eigenvalue weighted by Crippen LogP contribution is 2.29. The van der Waals surface area contributed by atoms with Gasteiger partial charge in [-0.25, -0.2) is 0 Å². The number of aromatic nitrogens is 1. The zero-order valence-corrected chi connectivity index (χ0v) is 12.2. The Kier molecular flexibility index (Phi) is 3.44. The summed E-state index contributed by atoms with van der Waals surface area (Å²) in [6, 6.07) is 13.6. The lowest BCUT2D eigenvalue weighted by Crippen LogP contribution is -1.97. The second kappa shape index (κ2) is 5.40. The summed E-state index contributed by atoms with van der Waals surface area (Å²) in [4.78, 5) is 0. The van der Waals surface area contributed by atoms with Crippen molar-refractivity contribution in [2.24, 2.45) is 7.05 Å². The summed E-state index contributed by atoms with van der Waals surface area (Å²) in [6.07, 6.45) is 2.07. The lowest BCUT2D eigenvalue weighted by Gasteiger charge is -2.09. The molecule has 21 heavy (non-hydrogen) atoms. The Bertz CT molecular complexity index is 778. The van der Waals surface area contributed by atoms with Gasteiger partial charge in [0, 0.05) is 35.4 Å². The Morgan fingerprint density at radius 2 is 1.86 bits per heavy atom. The molecule has 0 spiro atoms. The Hall–Kier alpha value is -2.62. The smallest absolute Gasteiger partial charge is 0.161 e. The molecule has 4 heteroatoms. The Labute approximate surface area is 123 Å². The van der Waals surface area contributed by atoms with E-state index in [1.54, 1.807) is 7.11 Å². The van der Waals surface area contributed by atoms with E-state index in [0.717, 1.165) is 33.7 Å². The average Bonchev–Trinajstić information content (AvgIpc) is 2.81. The number of anilines is 1. The molecule has 2 N–H and O–H groups in total. The van der Waals surface area contributed by atoms with Gasteiger partial charge in [0.25, 0.3) is 0 Å². The summed E-state index contributed by atoms with van der Waals surface area (Å²) in [6.45, 7) is 0.473. The van der Waals surface area contributed by atoms with Crippen molar-refractivity contribution in [1.82, 2.24) is 4.57 Å². The number of nitrogen functional groups attached to an aromatic ring is 1. The van der Waals surface area contributed by atoms with E-state index in [1.807, 2.05) is 49.5 Å². The van der Waals surface area contributed by atoms with Gasteiger partial charge in [0.05, 0.1) is 7.11 Å². The van der Waals surface area contributed by atoms with Gasteiger partial charge in [-0.15, -0.1) is 0 Å². The maximum Gasteiger partial charge on any atom is 0.161 e. The minimum Gasteiger partial charge on any atom is -0.493 e. The van der Waals surface area contributed by atoms with Gasteiger partial charge in [-0.05, 0) is 30.3 Å². The average molecular weight is 282 g/mol. The van der Waals surface area contributed by atoms with Crippen molar-refractivity contribution in [3.05, 3.63) is 54.2 Å². The molecule has 0 aliphatic rings. The normalized spacial score (nSPS) is 10.8. The molecule has 2 aromatic carbocycles. The van der Waals surface area contributed by atoms with Gasteiger partial charge in [0.1, 0.15) is 6.61 Å². The third kappa shape index (κ3) is 2.52. The molecule has 0 radical (unpaired) electrons. The lowest BCUT2D eigenvalue weighted by atomic mass is 10.1. The highest BCUT2D eigenvalue weighted by molar-refractivity contribution is 5.86. The highest BCUT2D eigenvalue weighted by Gasteiger charge is 2.09. The maximum absolute atomic E-state index is 5.90. The third-order valence-electron chi connectivity index (χ3n) is 3.55. The highest BCUT2D eigenvalue weighted by atomic mass is 16.5. The van der Waals surface area contributed by atoms with Crippen LogP contribution in [-0.2, 0) is 13.7 Å². The van der Waals surface area contributed by atoms with Crippen LogP contribution in [0.2, 0.25) is 0 Å². The molecule has 3 aromatic rings. The van der Waals surface area contributed by atoms with Crippen molar-refractivity contribution in [1.29, 1.82) is 0 Å². The molecule has 1 heterocycles. The molecule has 4 nitrogen and oxygen atoms in total. The fourth-order valence-corrected chi connectivity index (χ4v) is 2.50. The second-order valence-corrected chi connectivity index (χ2v) is 4.98. The van der Waals surface area contributed by atoms with Crippen molar-refractivity contribution in [3.63, 3.8) is 0 Å². The first-order valence-electron chi connectivity index (χ1n) is 6.78. The van der Waals surface area contributed by atoms with E-state index < -0.39 is 0 Å². The number of hydrogen-bond acceptors (Lipinski definition) is 3.